The minimum atomic E-state index is -1.18. The molecule has 3 aromatic rings. The molecule has 43 heavy (non-hydrogen) atoms. The van der Waals surface area contributed by atoms with Crippen LogP contribution in [0.1, 0.15) is 44.2 Å². The van der Waals surface area contributed by atoms with E-state index in [-0.39, 0.29) is 38.0 Å². The Hall–Kier alpha value is -4.71. The van der Waals surface area contributed by atoms with E-state index in [0.29, 0.717) is 0 Å². The lowest BCUT2D eigenvalue weighted by atomic mass is 10.00. The summed E-state index contributed by atoms with van der Waals surface area (Å²) in [7, 11) is 0. The van der Waals surface area contributed by atoms with E-state index in [0.717, 1.165) is 22.0 Å². The zero-order valence-corrected chi connectivity index (χ0v) is 24.3. The van der Waals surface area contributed by atoms with E-state index in [9.17, 15) is 29.1 Å². The monoisotopic (exact) mass is 592 g/mol. The molecular formula is C31H40N6O6. The van der Waals surface area contributed by atoms with E-state index in [2.05, 4.69) is 20.9 Å². The van der Waals surface area contributed by atoms with Crippen molar-refractivity contribution in [2.24, 2.45) is 17.4 Å². The topological polar surface area (TPSA) is 210 Å². The van der Waals surface area contributed by atoms with Crippen LogP contribution in [0.25, 0.3) is 10.9 Å². The highest BCUT2D eigenvalue weighted by atomic mass is 16.4. The van der Waals surface area contributed by atoms with Gasteiger partial charge < -0.3 is 37.5 Å². The third kappa shape index (κ3) is 9.96. The van der Waals surface area contributed by atoms with E-state index in [1.54, 1.807) is 30.5 Å². The van der Waals surface area contributed by atoms with Gasteiger partial charge in [0.25, 0.3) is 0 Å². The van der Waals surface area contributed by atoms with Crippen LogP contribution < -0.4 is 27.4 Å². The smallest absolute Gasteiger partial charge is 0.326 e. The number of nitrogens with one attached hydrogen (secondary N) is 4. The van der Waals surface area contributed by atoms with Gasteiger partial charge in [0, 0.05) is 36.4 Å². The number of amides is 4. The molecule has 4 atom stereocenters. The predicted octanol–water partition coefficient (Wildman–Crippen LogP) is 1.13. The molecule has 0 saturated carbocycles. The van der Waals surface area contributed by atoms with Gasteiger partial charge in [-0.15, -0.1) is 0 Å². The van der Waals surface area contributed by atoms with Crippen LogP contribution >= 0.6 is 0 Å². The van der Waals surface area contributed by atoms with Crippen molar-refractivity contribution >= 4 is 40.5 Å². The van der Waals surface area contributed by atoms with Crippen LogP contribution in [0.15, 0.2) is 60.8 Å². The highest BCUT2D eigenvalue weighted by molar-refractivity contribution is 5.95. The van der Waals surface area contributed by atoms with Crippen LogP contribution in [0.2, 0.25) is 0 Å². The maximum atomic E-state index is 13.8. The van der Waals surface area contributed by atoms with E-state index in [1.165, 1.54) is 0 Å². The van der Waals surface area contributed by atoms with Gasteiger partial charge >= 0.3 is 5.97 Å². The minimum absolute atomic E-state index is 0.00176. The molecule has 12 heteroatoms. The van der Waals surface area contributed by atoms with Crippen molar-refractivity contribution in [2.45, 2.75) is 70.1 Å². The molecule has 0 fully saturated rings. The maximum absolute atomic E-state index is 13.8. The van der Waals surface area contributed by atoms with E-state index in [1.807, 2.05) is 44.2 Å². The number of carbonyl (C=O) groups is 5. The second-order valence-corrected chi connectivity index (χ2v) is 11.0. The molecule has 9 N–H and O–H groups in total. The second kappa shape index (κ2) is 15.5. The number of carboxylic acid groups (broad SMARTS) is 1. The van der Waals surface area contributed by atoms with Crippen molar-refractivity contribution in [3.63, 3.8) is 0 Å². The first-order valence-electron chi connectivity index (χ1n) is 14.2. The lowest BCUT2D eigenvalue weighted by Gasteiger charge is -2.26. The van der Waals surface area contributed by atoms with Crippen molar-refractivity contribution in [2.75, 3.05) is 0 Å². The molecule has 0 radical (unpaired) electrons. The molecule has 0 aliphatic rings. The van der Waals surface area contributed by atoms with Gasteiger partial charge in [0.15, 0.2) is 0 Å². The summed E-state index contributed by atoms with van der Waals surface area (Å²) in [5.74, 6) is -3.77. The van der Waals surface area contributed by atoms with E-state index < -0.39 is 53.8 Å². The van der Waals surface area contributed by atoms with Gasteiger partial charge in [-0.2, -0.15) is 0 Å². The highest BCUT2D eigenvalue weighted by Crippen LogP contribution is 2.19. The first kappa shape index (κ1) is 32.8. The van der Waals surface area contributed by atoms with E-state index in [4.69, 9.17) is 11.5 Å². The Bertz CT molecular complexity index is 1420. The van der Waals surface area contributed by atoms with Gasteiger partial charge in [0.05, 0.1) is 6.04 Å². The van der Waals surface area contributed by atoms with Crippen LogP contribution in [-0.4, -0.2) is 63.9 Å². The first-order chi connectivity index (χ1) is 20.4. The van der Waals surface area contributed by atoms with Gasteiger partial charge in [0.2, 0.25) is 23.6 Å². The molecule has 4 amide bonds. The van der Waals surface area contributed by atoms with Gasteiger partial charge in [0.1, 0.15) is 18.1 Å². The largest absolute Gasteiger partial charge is 0.480 e. The lowest BCUT2D eigenvalue weighted by Crippen LogP contribution is -2.58. The number of fused-ring (bicyclic) bond motifs is 1. The summed E-state index contributed by atoms with van der Waals surface area (Å²) in [4.78, 5) is 66.4. The zero-order chi connectivity index (χ0) is 31.5. The molecule has 0 saturated heterocycles. The second-order valence-electron chi connectivity index (χ2n) is 11.0. The van der Waals surface area contributed by atoms with E-state index >= 15 is 0 Å². The van der Waals surface area contributed by atoms with Crippen molar-refractivity contribution in [3.8, 4) is 0 Å². The molecule has 0 bridgehead atoms. The quantitative estimate of drug-likeness (QED) is 0.129. The molecule has 2 aromatic carbocycles. The van der Waals surface area contributed by atoms with Crippen LogP contribution in [0.5, 0.6) is 0 Å². The Morgan fingerprint density at radius 1 is 0.814 bits per heavy atom. The SMILES string of the molecule is CC(C)CC(NC(=O)C(Cc1ccccc1)NC(=O)C(Cc1c[nH]c2ccccc12)NC(=O)C(N)CCC(N)=O)C(=O)O. The summed E-state index contributed by atoms with van der Waals surface area (Å²) in [6.07, 6.45) is 1.98. The number of carbonyl (C=O) groups excluding carboxylic acids is 4. The Labute approximate surface area is 250 Å². The summed E-state index contributed by atoms with van der Waals surface area (Å²) in [5.41, 5.74) is 13.5. The molecule has 0 spiro atoms. The van der Waals surface area contributed by atoms with Gasteiger partial charge in [-0.25, -0.2) is 4.79 Å². The number of benzene rings is 2. The predicted molar refractivity (Wildman–Crippen MR) is 161 cm³/mol. The summed E-state index contributed by atoms with van der Waals surface area (Å²) >= 11 is 0. The van der Waals surface area contributed by atoms with Gasteiger partial charge in [-0.3, -0.25) is 19.2 Å². The highest BCUT2D eigenvalue weighted by Gasteiger charge is 2.31. The fourth-order valence-electron chi connectivity index (χ4n) is 4.73. The zero-order valence-electron chi connectivity index (χ0n) is 24.3. The third-order valence-electron chi connectivity index (χ3n) is 7.01. The Morgan fingerprint density at radius 2 is 1.40 bits per heavy atom. The average molecular weight is 593 g/mol. The minimum Gasteiger partial charge on any atom is -0.480 e. The normalized spacial score (nSPS) is 14.0. The van der Waals surface area contributed by atoms with Crippen LogP contribution in [0.4, 0.5) is 0 Å². The van der Waals surface area contributed by atoms with Crippen LogP contribution in [0, 0.1) is 5.92 Å². The summed E-state index contributed by atoms with van der Waals surface area (Å²) in [5, 5.41) is 18.5. The Balaban J connectivity index is 1.88. The van der Waals surface area contributed by atoms with Crippen molar-refractivity contribution in [1.29, 1.82) is 0 Å². The number of hydrogen-bond donors (Lipinski definition) is 7. The van der Waals surface area contributed by atoms with Crippen molar-refractivity contribution in [3.05, 3.63) is 71.9 Å². The molecule has 12 nitrogen and oxygen atoms in total. The number of H-pyrrole nitrogens is 1. The van der Waals surface area contributed by atoms with Crippen LogP contribution in [-0.2, 0) is 36.8 Å². The number of rotatable bonds is 16. The molecule has 1 aromatic heterocycles. The number of aromatic nitrogens is 1. The standard InChI is InChI=1S/C31H40N6O6/c1-18(2)14-26(31(42)43)37-29(40)24(15-19-8-4-3-5-9-19)36-30(41)25(35-28(39)22(32)12-13-27(33)38)16-20-17-34-23-11-7-6-10-21(20)23/h3-11,17-18,22,24-26,34H,12-16,32H2,1-2H3,(H2,33,38)(H,35,39)(H,36,41)(H,37,40)(H,42,43). The van der Waals surface area contributed by atoms with Crippen molar-refractivity contribution < 1.29 is 29.1 Å². The Morgan fingerprint density at radius 3 is 2.02 bits per heavy atom. The molecule has 4 unspecified atom stereocenters. The Kier molecular flexibility index (Phi) is 11.8. The van der Waals surface area contributed by atoms with Gasteiger partial charge in [-0.05, 0) is 36.0 Å². The van der Waals surface area contributed by atoms with Gasteiger partial charge in [-0.1, -0.05) is 62.4 Å². The van der Waals surface area contributed by atoms with Crippen LogP contribution in [0.3, 0.4) is 0 Å². The maximum Gasteiger partial charge on any atom is 0.326 e. The number of nitrogens with two attached hydrogens (primary N) is 2. The summed E-state index contributed by atoms with van der Waals surface area (Å²) in [6.45, 7) is 3.69. The number of para-hydroxylation sites is 1. The molecule has 230 valence electrons. The first-order valence-corrected chi connectivity index (χ1v) is 14.2. The number of carboxylic acids is 1. The number of primary amides is 1. The lowest BCUT2D eigenvalue weighted by molar-refractivity contribution is -0.142. The summed E-state index contributed by atoms with van der Waals surface area (Å²) in [6, 6.07) is 11.9. The molecule has 1 heterocycles. The fraction of sp³-hybridized carbons (Fsp3) is 0.387. The summed E-state index contributed by atoms with van der Waals surface area (Å²) < 4.78 is 0. The number of aromatic amines is 1. The molecule has 0 aliphatic carbocycles. The fourth-order valence-corrected chi connectivity index (χ4v) is 4.73. The average Bonchev–Trinajstić information content (AvgIpc) is 3.37. The van der Waals surface area contributed by atoms with Crippen molar-refractivity contribution in [1.82, 2.24) is 20.9 Å². The molecular weight excluding hydrogens is 552 g/mol. The molecule has 3 rings (SSSR count). The third-order valence-corrected chi connectivity index (χ3v) is 7.01. The number of hydrogen-bond acceptors (Lipinski definition) is 6. The number of aliphatic carboxylic acids is 1. The molecule has 0 aliphatic heterocycles.